The van der Waals surface area contributed by atoms with Crippen LogP contribution < -0.4 is 0 Å². The van der Waals surface area contributed by atoms with Crippen LogP contribution in [0.25, 0.3) is 0 Å². The van der Waals surface area contributed by atoms with Crippen LogP contribution in [0.15, 0.2) is 24.3 Å². The number of carbonyl (C=O) groups is 1. The Labute approximate surface area is 172 Å². The third-order valence-corrected chi connectivity index (χ3v) is 7.93. The summed E-state index contributed by atoms with van der Waals surface area (Å²) in [5, 5.41) is 0. The predicted octanol–water partition coefficient (Wildman–Crippen LogP) is 3.93. The third-order valence-electron chi connectivity index (χ3n) is 4.46. The van der Waals surface area contributed by atoms with Crippen LogP contribution >= 0.6 is 23.5 Å². The summed E-state index contributed by atoms with van der Waals surface area (Å²) in [6.07, 6.45) is 6.53. The van der Waals surface area contributed by atoms with Crippen molar-refractivity contribution >= 4 is 29.8 Å². The number of hydrogen-bond donors (Lipinski definition) is 0. The molecule has 7 heteroatoms. The van der Waals surface area contributed by atoms with E-state index in [4.69, 9.17) is 18.9 Å². The molecule has 0 aliphatic carbocycles. The zero-order valence-electron chi connectivity index (χ0n) is 17.0. The highest BCUT2D eigenvalue weighted by Gasteiger charge is 2.43. The first-order valence-corrected chi connectivity index (χ1v) is 11.2. The molecular formula is C20H34O5S2. The molecule has 0 amide bonds. The highest BCUT2D eigenvalue weighted by molar-refractivity contribution is 8.18. The minimum absolute atomic E-state index is 0.0725. The summed E-state index contributed by atoms with van der Waals surface area (Å²) in [4.78, 5) is 11.1. The summed E-state index contributed by atoms with van der Waals surface area (Å²) in [6, 6.07) is 0. The molecule has 1 rings (SSSR count). The molecule has 1 aliphatic heterocycles. The maximum Gasteiger partial charge on any atom is 0.147 e. The standard InChI is InChI=1S/C20H34O5S2/c1-6-19(23-5)20(26-10-7-11-27-20)13-18(17(3)12-16(2)14-21)25-15-24-9-8-22-4/h6,12,14,17-19H,1,7-11,13,15H2,2-5H3/b16-12+/t17-,18-,19+/m0/s1. The van der Waals surface area contributed by atoms with Crippen molar-refractivity contribution in [2.24, 2.45) is 5.92 Å². The Morgan fingerprint density at radius 3 is 2.52 bits per heavy atom. The number of methoxy groups -OCH3 is 2. The Morgan fingerprint density at radius 1 is 1.26 bits per heavy atom. The third kappa shape index (κ3) is 8.30. The molecule has 0 saturated carbocycles. The van der Waals surface area contributed by atoms with E-state index in [9.17, 15) is 4.79 Å². The first-order valence-electron chi connectivity index (χ1n) is 9.28. The number of carbonyl (C=O) groups excluding carboxylic acids is 1. The van der Waals surface area contributed by atoms with Crippen LogP contribution in [-0.2, 0) is 23.7 Å². The van der Waals surface area contributed by atoms with Crippen LogP contribution in [0.1, 0.15) is 26.7 Å². The first-order chi connectivity index (χ1) is 13.0. The Hall–Kier alpha value is -0.310. The van der Waals surface area contributed by atoms with E-state index in [-0.39, 0.29) is 29.0 Å². The molecule has 156 valence electrons. The Kier molecular flexibility index (Phi) is 12.6. The minimum atomic E-state index is -0.150. The molecule has 0 radical (unpaired) electrons. The first kappa shape index (κ1) is 24.7. The van der Waals surface area contributed by atoms with Crippen LogP contribution in [-0.4, -0.2) is 68.3 Å². The molecule has 0 aromatic rings. The summed E-state index contributed by atoms with van der Waals surface area (Å²) in [5.41, 5.74) is 0.710. The molecule has 27 heavy (non-hydrogen) atoms. The monoisotopic (exact) mass is 418 g/mol. The quantitative estimate of drug-likeness (QED) is 0.139. The van der Waals surface area contributed by atoms with Gasteiger partial charge in [-0.05, 0) is 30.4 Å². The van der Waals surface area contributed by atoms with Crippen molar-refractivity contribution in [2.75, 3.05) is 45.7 Å². The molecule has 1 heterocycles. The lowest BCUT2D eigenvalue weighted by Gasteiger charge is -2.43. The maximum absolute atomic E-state index is 11.1. The summed E-state index contributed by atoms with van der Waals surface area (Å²) in [6.45, 7) is 9.09. The predicted molar refractivity (Wildman–Crippen MR) is 114 cm³/mol. The fourth-order valence-electron chi connectivity index (χ4n) is 3.02. The average Bonchev–Trinajstić information content (AvgIpc) is 2.68. The van der Waals surface area contributed by atoms with Crippen molar-refractivity contribution in [3.8, 4) is 0 Å². The normalized spacial score (nSPS) is 20.7. The van der Waals surface area contributed by atoms with E-state index in [1.807, 2.05) is 42.6 Å². The van der Waals surface area contributed by atoms with Crippen LogP contribution in [0, 0.1) is 5.92 Å². The van der Waals surface area contributed by atoms with Crippen molar-refractivity contribution < 1.29 is 23.7 Å². The average molecular weight is 419 g/mol. The van der Waals surface area contributed by atoms with Gasteiger partial charge in [0.25, 0.3) is 0 Å². The summed E-state index contributed by atoms with van der Waals surface area (Å²) in [7, 11) is 3.37. The van der Waals surface area contributed by atoms with Gasteiger partial charge in [-0.1, -0.05) is 19.1 Å². The maximum atomic E-state index is 11.1. The largest absolute Gasteiger partial charge is 0.382 e. The van der Waals surface area contributed by atoms with Gasteiger partial charge in [0.1, 0.15) is 13.1 Å². The summed E-state index contributed by atoms with van der Waals surface area (Å²) in [5.74, 6) is 2.26. The van der Waals surface area contributed by atoms with E-state index in [1.165, 1.54) is 6.42 Å². The number of allylic oxidation sites excluding steroid dienone is 1. The summed E-state index contributed by atoms with van der Waals surface area (Å²) >= 11 is 3.84. The molecule has 1 aliphatic rings. The number of thioether (sulfide) groups is 2. The number of hydrogen-bond acceptors (Lipinski definition) is 7. The van der Waals surface area contributed by atoms with Gasteiger partial charge in [0.05, 0.1) is 29.5 Å². The van der Waals surface area contributed by atoms with Gasteiger partial charge in [-0.15, -0.1) is 30.1 Å². The topological polar surface area (TPSA) is 54.0 Å². The van der Waals surface area contributed by atoms with Gasteiger partial charge in [-0.2, -0.15) is 0 Å². The second-order valence-corrected chi connectivity index (χ2v) is 9.68. The zero-order valence-corrected chi connectivity index (χ0v) is 18.6. The van der Waals surface area contributed by atoms with Crippen LogP contribution in [0.5, 0.6) is 0 Å². The smallest absolute Gasteiger partial charge is 0.147 e. The number of ether oxygens (including phenoxy) is 4. The van der Waals surface area contributed by atoms with Gasteiger partial charge in [-0.3, -0.25) is 4.79 Å². The molecule has 0 bridgehead atoms. The molecule has 0 unspecified atom stereocenters. The molecule has 0 aromatic carbocycles. The van der Waals surface area contributed by atoms with Gasteiger partial charge in [0.15, 0.2) is 0 Å². The molecule has 1 saturated heterocycles. The lowest BCUT2D eigenvalue weighted by molar-refractivity contribution is -0.111. The minimum Gasteiger partial charge on any atom is -0.382 e. The van der Waals surface area contributed by atoms with Gasteiger partial charge < -0.3 is 18.9 Å². The van der Waals surface area contributed by atoms with Crippen LogP contribution in [0.4, 0.5) is 0 Å². The van der Waals surface area contributed by atoms with Crippen molar-refractivity contribution in [3.63, 3.8) is 0 Å². The fraction of sp³-hybridized carbons (Fsp3) is 0.750. The van der Waals surface area contributed by atoms with E-state index in [2.05, 4.69) is 13.5 Å². The van der Waals surface area contributed by atoms with Crippen LogP contribution in [0.3, 0.4) is 0 Å². The van der Waals surface area contributed by atoms with E-state index >= 15 is 0 Å². The molecule has 3 atom stereocenters. The second-order valence-electron chi connectivity index (χ2n) is 6.57. The Morgan fingerprint density at radius 2 is 1.96 bits per heavy atom. The lowest BCUT2D eigenvalue weighted by Crippen LogP contribution is -2.43. The molecule has 0 spiro atoms. The van der Waals surface area contributed by atoms with Crippen molar-refractivity contribution in [2.45, 2.75) is 43.0 Å². The summed E-state index contributed by atoms with van der Waals surface area (Å²) < 4.78 is 22.2. The second kappa shape index (κ2) is 13.8. The van der Waals surface area contributed by atoms with E-state index in [0.29, 0.717) is 18.8 Å². The highest BCUT2D eigenvalue weighted by atomic mass is 32.2. The van der Waals surface area contributed by atoms with E-state index < -0.39 is 0 Å². The molecule has 5 nitrogen and oxygen atoms in total. The number of rotatable bonds is 14. The SMILES string of the molecule is C=C[C@@H](OC)C1(C[C@H](OCOCCOC)[C@@H](C)/C=C(\C)C=O)SCCCS1. The molecular weight excluding hydrogens is 384 g/mol. The number of aldehydes is 1. The zero-order chi connectivity index (χ0) is 20.1. The van der Waals surface area contributed by atoms with Gasteiger partial charge in [0.2, 0.25) is 0 Å². The van der Waals surface area contributed by atoms with Gasteiger partial charge >= 0.3 is 0 Å². The lowest BCUT2D eigenvalue weighted by atomic mass is 9.96. The van der Waals surface area contributed by atoms with E-state index in [0.717, 1.165) is 24.2 Å². The van der Waals surface area contributed by atoms with Crippen molar-refractivity contribution in [1.82, 2.24) is 0 Å². The van der Waals surface area contributed by atoms with Crippen molar-refractivity contribution in [3.05, 3.63) is 24.3 Å². The fourth-order valence-corrected chi connectivity index (χ4v) is 6.58. The van der Waals surface area contributed by atoms with Gasteiger partial charge in [-0.25, -0.2) is 0 Å². The van der Waals surface area contributed by atoms with Gasteiger partial charge in [0, 0.05) is 26.6 Å². The Bertz CT molecular complexity index is 463. The molecule has 0 aromatic heterocycles. The molecule has 0 N–H and O–H groups in total. The Balaban J connectivity index is 2.92. The highest BCUT2D eigenvalue weighted by Crippen LogP contribution is 2.50. The van der Waals surface area contributed by atoms with Crippen molar-refractivity contribution in [1.29, 1.82) is 0 Å². The van der Waals surface area contributed by atoms with Crippen LogP contribution in [0.2, 0.25) is 0 Å². The molecule has 1 fully saturated rings. The van der Waals surface area contributed by atoms with E-state index in [1.54, 1.807) is 14.2 Å².